The van der Waals surface area contributed by atoms with Gasteiger partial charge in [-0.25, -0.2) is 9.78 Å². The number of fused-ring (bicyclic) bond motifs is 1. The van der Waals surface area contributed by atoms with Crippen LogP contribution in [0.25, 0.3) is 17.1 Å². The number of anilines is 1. The summed E-state index contributed by atoms with van der Waals surface area (Å²) in [7, 11) is 0. The Balaban J connectivity index is 1.41. The van der Waals surface area contributed by atoms with Gasteiger partial charge < -0.3 is 15.0 Å². The van der Waals surface area contributed by atoms with Gasteiger partial charge in [-0.15, -0.1) is 0 Å². The van der Waals surface area contributed by atoms with Gasteiger partial charge >= 0.3 is 5.97 Å². The first-order valence-electron chi connectivity index (χ1n) is 10.4. The second-order valence-electron chi connectivity index (χ2n) is 7.54. The first-order valence-corrected chi connectivity index (χ1v) is 10.4. The molecule has 0 amide bonds. The maximum atomic E-state index is 11.4. The average molecular weight is 389 g/mol. The van der Waals surface area contributed by atoms with Gasteiger partial charge in [0.05, 0.1) is 17.6 Å². The van der Waals surface area contributed by atoms with E-state index in [9.17, 15) is 4.79 Å². The number of rotatable bonds is 7. The summed E-state index contributed by atoms with van der Waals surface area (Å²) in [6.07, 6.45) is 9.12. The van der Waals surface area contributed by atoms with Crippen molar-refractivity contribution in [3.05, 3.63) is 65.5 Å². The Kier molecular flexibility index (Phi) is 5.94. The average Bonchev–Trinajstić information content (AvgIpc) is 3.37. The Morgan fingerprint density at radius 2 is 2.00 bits per heavy atom. The molecule has 0 bridgehead atoms. The molecule has 1 aliphatic rings. The van der Waals surface area contributed by atoms with Gasteiger partial charge in [-0.05, 0) is 55.2 Å². The summed E-state index contributed by atoms with van der Waals surface area (Å²) in [6.45, 7) is 2.18. The first kappa shape index (κ1) is 19.2. The molecule has 0 spiro atoms. The van der Waals surface area contributed by atoms with Crippen molar-refractivity contribution >= 4 is 28.8 Å². The third-order valence-electron chi connectivity index (χ3n) is 5.31. The summed E-state index contributed by atoms with van der Waals surface area (Å²) in [6, 6.07) is 15.1. The molecular weight excluding hydrogens is 362 g/mol. The smallest absolute Gasteiger partial charge is 0.330 e. The Hall–Kier alpha value is -3.08. The molecule has 2 N–H and O–H groups in total. The normalized spacial score (nSPS) is 14.7. The van der Waals surface area contributed by atoms with Crippen LogP contribution < -0.4 is 5.32 Å². The lowest BCUT2D eigenvalue weighted by Crippen LogP contribution is -2.14. The van der Waals surface area contributed by atoms with Crippen molar-refractivity contribution in [1.82, 2.24) is 9.97 Å². The number of aromatic nitrogens is 2. The van der Waals surface area contributed by atoms with Crippen molar-refractivity contribution in [3.63, 3.8) is 0 Å². The summed E-state index contributed by atoms with van der Waals surface area (Å²) in [5.74, 6) is 0.633. The zero-order valence-corrected chi connectivity index (χ0v) is 16.8. The van der Waals surface area contributed by atoms with Crippen LogP contribution in [0.3, 0.4) is 0 Å². The summed E-state index contributed by atoms with van der Waals surface area (Å²) in [4.78, 5) is 19.6. The number of ether oxygens (including phenoxy) is 1. The molecule has 1 aromatic heterocycles. The number of nitrogens with one attached hydrogen (secondary N) is 2. The van der Waals surface area contributed by atoms with E-state index in [1.807, 2.05) is 12.1 Å². The number of nitrogens with zero attached hydrogens (tertiary/aromatic N) is 1. The fraction of sp³-hybridized carbons (Fsp3) is 0.333. The molecular formula is C24H27N3O2. The van der Waals surface area contributed by atoms with Crippen LogP contribution >= 0.6 is 0 Å². The van der Waals surface area contributed by atoms with E-state index in [-0.39, 0.29) is 5.97 Å². The molecule has 4 rings (SSSR count). The van der Waals surface area contributed by atoms with Crippen molar-refractivity contribution < 1.29 is 9.53 Å². The number of carbonyl (C=O) groups is 1. The van der Waals surface area contributed by atoms with Crippen molar-refractivity contribution in [1.29, 1.82) is 0 Å². The Bertz CT molecular complexity index is 999. The molecule has 2 aromatic carbocycles. The molecule has 1 heterocycles. The van der Waals surface area contributed by atoms with Crippen molar-refractivity contribution in [2.45, 2.75) is 45.1 Å². The van der Waals surface area contributed by atoms with E-state index in [0.717, 1.165) is 34.5 Å². The molecule has 0 atom stereocenters. The molecule has 29 heavy (non-hydrogen) atoms. The van der Waals surface area contributed by atoms with Crippen LogP contribution in [0, 0.1) is 0 Å². The van der Waals surface area contributed by atoms with Gasteiger partial charge in [0.2, 0.25) is 0 Å². The van der Waals surface area contributed by atoms with Gasteiger partial charge in [0.15, 0.2) is 0 Å². The van der Waals surface area contributed by atoms with Gasteiger partial charge in [0, 0.05) is 24.2 Å². The number of hydrogen-bond donors (Lipinski definition) is 2. The molecule has 5 nitrogen and oxygen atoms in total. The minimum atomic E-state index is -0.319. The van der Waals surface area contributed by atoms with E-state index in [2.05, 4.69) is 40.6 Å². The van der Waals surface area contributed by atoms with Crippen LogP contribution in [-0.4, -0.2) is 28.6 Å². The number of esters is 1. The lowest BCUT2D eigenvalue weighted by atomic mass is 10.1. The van der Waals surface area contributed by atoms with Crippen LogP contribution in [0.1, 0.15) is 49.6 Å². The van der Waals surface area contributed by atoms with E-state index >= 15 is 0 Å². The third-order valence-corrected chi connectivity index (χ3v) is 5.31. The maximum absolute atomic E-state index is 11.4. The molecule has 1 aliphatic carbocycles. The van der Waals surface area contributed by atoms with E-state index in [1.54, 1.807) is 13.0 Å². The highest BCUT2D eigenvalue weighted by Crippen LogP contribution is 2.24. The molecule has 3 aromatic rings. The summed E-state index contributed by atoms with van der Waals surface area (Å²) in [5.41, 5.74) is 5.35. The number of imidazole rings is 1. The van der Waals surface area contributed by atoms with Crippen LogP contribution in [0.5, 0.6) is 0 Å². The Morgan fingerprint density at radius 3 is 2.76 bits per heavy atom. The third kappa shape index (κ3) is 5.05. The van der Waals surface area contributed by atoms with E-state index in [4.69, 9.17) is 9.72 Å². The minimum Gasteiger partial charge on any atom is -0.463 e. The number of hydrogen-bond acceptors (Lipinski definition) is 4. The quantitative estimate of drug-likeness (QED) is 0.437. The lowest BCUT2D eigenvalue weighted by molar-refractivity contribution is -0.137. The Morgan fingerprint density at radius 1 is 1.21 bits per heavy atom. The molecule has 1 saturated carbocycles. The predicted octanol–water partition coefficient (Wildman–Crippen LogP) is 5.08. The highest BCUT2D eigenvalue weighted by Gasteiger charge is 2.14. The summed E-state index contributed by atoms with van der Waals surface area (Å²) < 4.78 is 4.90. The fourth-order valence-electron chi connectivity index (χ4n) is 3.83. The number of aromatic amines is 1. The Labute approximate surface area is 171 Å². The van der Waals surface area contributed by atoms with Crippen molar-refractivity contribution in [2.24, 2.45) is 0 Å². The number of carbonyl (C=O) groups excluding carboxylic acids is 1. The zero-order chi connectivity index (χ0) is 20.1. The van der Waals surface area contributed by atoms with Gasteiger partial charge in [-0.3, -0.25) is 0 Å². The highest BCUT2D eigenvalue weighted by atomic mass is 16.5. The topological polar surface area (TPSA) is 67.0 Å². The van der Waals surface area contributed by atoms with Gasteiger partial charge in [0.25, 0.3) is 0 Å². The van der Waals surface area contributed by atoms with Crippen LogP contribution in [0.15, 0.2) is 48.5 Å². The minimum absolute atomic E-state index is 0.319. The predicted molar refractivity (Wildman–Crippen MR) is 117 cm³/mol. The lowest BCUT2D eigenvalue weighted by Gasteiger charge is -2.12. The standard InChI is InChI=1S/C24H27N3O2/c1-2-29-24(28)14-11-17-7-9-18(10-8-17)15-23-26-21-13-12-20(16-22(21)27-23)25-19-5-3-4-6-19/h7-14,16,19,25H,2-6,15H2,1H3,(H,26,27)/b14-11+. The molecule has 1 fully saturated rings. The molecule has 150 valence electrons. The van der Waals surface area contributed by atoms with Crippen LogP contribution in [0.2, 0.25) is 0 Å². The van der Waals surface area contributed by atoms with E-state index < -0.39 is 0 Å². The second kappa shape index (κ2) is 8.95. The maximum Gasteiger partial charge on any atom is 0.330 e. The SMILES string of the molecule is CCOC(=O)/C=C/c1ccc(Cc2nc3cc(NC4CCCC4)ccc3[nH]2)cc1. The largest absolute Gasteiger partial charge is 0.463 e. The van der Waals surface area contributed by atoms with Crippen molar-refractivity contribution in [3.8, 4) is 0 Å². The van der Waals surface area contributed by atoms with Gasteiger partial charge in [-0.2, -0.15) is 0 Å². The van der Waals surface area contributed by atoms with Crippen LogP contribution in [0.4, 0.5) is 5.69 Å². The monoisotopic (exact) mass is 389 g/mol. The van der Waals surface area contributed by atoms with E-state index in [1.165, 1.54) is 37.3 Å². The highest BCUT2D eigenvalue weighted by molar-refractivity contribution is 5.87. The van der Waals surface area contributed by atoms with Gasteiger partial charge in [0.1, 0.15) is 5.82 Å². The molecule has 0 radical (unpaired) electrons. The summed E-state index contributed by atoms with van der Waals surface area (Å²) in [5, 5.41) is 3.63. The van der Waals surface area contributed by atoms with Crippen molar-refractivity contribution in [2.75, 3.05) is 11.9 Å². The fourth-order valence-corrected chi connectivity index (χ4v) is 3.83. The molecule has 0 unspecified atom stereocenters. The van der Waals surface area contributed by atoms with Gasteiger partial charge in [-0.1, -0.05) is 37.1 Å². The number of H-pyrrole nitrogens is 1. The zero-order valence-electron chi connectivity index (χ0n) is 16.8. The molecule has 0 saturated heterocycles. The number of benzene rings is 2. The second-order valence-corrected chi connectivity index (χ2v) is 7.54. The first-order chi connectivity index (χ1) is 14.2. The molecule has 5 heteroatoms. The van der Waals surface area contributed by atoms with Crippen LogP contribution in [-0.2, 0) is 16.0 Å². The summed E-state index contributed by atoms with van der Waals surface area (Å²) >= 11 is 0. The molecule has 0 aliphatic heterocycles. The van der Waals surface area contributed by atoms with E-state index in [0.29, 0.717) is 12.6 Å².